The number of nitrogens with one attached hydrogen (secondary N) is 2. The number of pyridine rings is 1. The van der Waals surface area contributed by atoms with Crippen molar-refractivity contribution in [1.29, 1.82) is 0 Å². The highest BCUT2D eigenvalue weighted by Crippen LogP contribution is 2.35. The van der Waals surface area contributed by atoms with Crippen LogP contribution in [0.5, 0.6) is 0 Å². The molecule has 2 heterocycles. The Morgan fingerprint density at radius 3 is 2.65 bits per heavy atom. The molecular formula is C18H19BrFN7O3S. The minimum Gasteiger partial charge on any atom is -0.366 e. The van der Waals surface area contributed by atoms with Crippen molar-refractivity contribution in [3.05, 3.63) is 62.8 Å². The molecule has 1 amide bonds. The number of amides is 1. The molecule has 10 nitrogen and oxygen atoms in total. The maximum Gasteiger partial charge on any atom is 0.259 e. The lowest BCUT2D eigenvalue weighted by atomic mass is 9.88. The second-order valence-electron chi connectivity index (χ2n) is 6.93. The van der Waals surface area contributed by atoms with Crippen molar-refractivity contribution >= 4 is 31.9 Å². The highest BCUT2D eigenvalue weighted by Gasteiger charge is 2.34. The lowest BCUT2D eigenvalue weighted by Crippen LogP contribution is -2.35. The molecule has 164 valence electrons. The zero-order valence-corrected chi connectivity index (χ0v) is 19.1. The van der Waals surface area contributed by atoms with Gasteiger partial charge in [0.2, 0.25) is 0 Å². The van der Waals surface area contributed by atoms with Gasteiger partial charge in [0.15, 0.2) is 10.9 Å². The van der Waals surface area contributed by atoms with E-state index in [2.05, 4.69) is 46.3 Å². The fourth-order valence-electron chi connectivity index (χ4n) is 3.25. The largest absolute Gasteiger partial charge is 0.366 e. The quantitative estimate of drug-likeness (QED) is 0.437. The van der Waals surface area contributed by atoms with Gasteiger partial charge in [0.05, 0.1) is 11.6 Å². The van der Waals surface area contributed by atoms with Crippen LogP contribution in [0.1, 0.15) is 51.8 Å². The van der Waals surface area contributed by atoms with Crippen molar-refractivity contribution in [2.45, 2.75) is 37.8 Å². The van der Waals surface area contributed by atoms with E-state index in [4.69, 9.17) is 5.73 Å². The predicted octanol–water partition coefficient (Wildman–Crippen LogP) is 2.04. The Kier molecular flexibility index (Phi) is 6.48. The SMILES string of the molecule is Cc1ccc(F)c([C@@H](C)[C@H](NS(=O)(=O)c2ncc(Br)cc2C(N)=O)c2nn[nH]n2)c1C. The maximum absolute atomic E-state index is 14.7. The molecular weight excluding hydrogens is 493 g/mol. The molecule has 2 atom stereocenters. The van der Waals surface area contributed by atoms with Crippen molar-refractivity contribution in [3.63, 3.8) is 0 Å². The van der Waals surface area contributed by atoms with Gasteiger partial charge in [0.1, 0.15) is 5.82 Å². The molecule has 0 aliphatic heterocycles. The summed E-state index contributed by atoms with van der Waals surface area (Å²) in [5, 5.41) is 12.9. The summed E-state index contributed by atoms with van der Waals surface area (Å²) in [4.78, 5) is 15.6. The van der Waals surface area contributed by atoms with Gasteiger partial charge in [-0.15, -0.1) is 10.2 Å². The summed E-state index contributed by atoms with van der Waals surface area (Å²) in [6.45, 7) is 5.20. The Labute approximate surface area is 186 Å². The van der Waals surface area contributed by atoms with Crippen molar-refractivity contribution in [1.82, 2.24) is 30.3 Å². The number of carbonyl (C=O) groups excluding carboxylic acids is 1. The number of sulfonamides is 1. The molecule has 0 saturated heterocycles. The molecule has 0 saturated carbocycles. The summed E-state index contributed by atoms with van der Waals surface area (Å²) in [5.41, 5.74) is 6.83. The standard InChI is InChI=1S/C18H19BrFN7O3S/c1-8-4-5-13(20)14(9(8)2)10(3)15(17-23-26-27-24-17)25-31(29,30)18-12(16(21)28)6-11(19)7-22-18/h4-7,10,15,25H,1-3H3,(H2,21,28)(H,23,24,26,27)/t10-,15+/m1/s1. The van der Waals surface area contributed by atoms with Crippen LogP contribution in [0.2, 0.25) is 0 Å². The number of tetrazole rings is 1. The van der Waals surface area contributed by atoms with Crippen LogP contribution >= 0.6 is 15.9 Å². The van der Waals surface area contributed by atoms with Crippen LogP contribution < -0.4 is 10.5 Å². The monoisotopic (exact) mass is 511 g/mol. The van der Waals surface area contributed by atoms with E-state index >= 15 is 0 Å². The molecule has 0 fully saturated rings. The van der Waals surface area contributed by atoms with Crippen LogP contribution in [0.15, 0.2) is 33.9 Å². The minimum atomic E-state index is -4.39. The minimum absolute atomic E-state index is 0.00545. The topological polar surface area (TPSA) is 157 Å². The Hall–Kier alpha value is -2.77. The van der Waals surface area contributed by atoms with Crippen LogP contribution in [0.3, 0.4) is 0 Å². The van der Waals surface area contributed by atoms with E-state index in [1.807, 2.05) is 6.92 Å². The number of nitrogens with zero attached hydrogens (tertiary/aromatic N) is 4. The summed E-state index contributed by atoms with van der Waals surface area (Å²) in [5.74, 6) is -2.21. The zero-order valence-electron chi connectivity index (χ0n) is 16.7. The molecule has 3 rings (SSSR count). The number of nitrogens with two attached hydrogens (primary N) is 1. The smallest absolute Gasteiger partial charge is 0.259 e. The van der Waals surface area contributed by atoms with Crippen LogP contribution in [-0.2, 0) is 10.0 Å². The number of carbonyl (C=O) groups is 1. The number of aromatic nitrogens is 5. The number of hydrogen-bond donors (Lipinski definition) is 3. The predicted molar refractivity (Wildman–Crippen MR) is 112 cm³/mol. The Balaban J connectivity index is 2.11. The third kappa shape index (κ3) is 4.62. The van der Waals surface area contributed by atoms with E-state index in [0.29, 0.717) is 15.6 Å². The van der Waals surface area contributed by atoms with Gasteiger partial charge in [-0.05, 0) is 58.6 Å². The van der Waals surface area contributed by atoms with E-state index in [1.54, 1.807) is 19.9 Å². The number of hydrogen-bond acceptors (Lipinski definition) is 7. The van der Waals surface area contributed by atoms with Crippen LogP contribution in [0.4, 0.5) is 4.39 Å². The van der Waals surface area contributed by atoms with E-state index < -0.39 is 38.7 Å². The van der Waals surface area contributed by atoms with E-state index in [1.165, 1.54) is 18.3 Å². The number of aromatic amines is 1. The second-order valence-corrected chi connectivity index (χ2v) is 9.48. The van der Waals surface area contributed by atoms with Gasteiger partial charge in [0.25, 0.3) is 15.9 Å². The number of rotatable bonds is 7. The van der Waals surface area contributed by atoms with Gasteiger partial charge < -0.3 is 5.73 Å². The second kappa shape index (κ2) is 8.77. The number of H-pyrrole nitrogens is 1. The average Bonchev–Trinajstić information content (AvgIpc) is 3.23. The third-order valence-electron chi connectivity index (χ3n) is 4.95. The molecule has 0 bridgehead atoms. The molecule has 31 heavy (non-hydrogen) atoms. The van der Waals surface area contributed by atoms with Gasteiger partial charge in [-0.1, -0.05) is 18.2 Å². The van der Waals surface area contributed by atoms with Crippen molar-refractivity contribution in [3.8, 4) is 0 Å². The summed E-state index contributed by atoms with van der Waals surface area (Å²) in [6, 6.07) is 3.09. The van der Waals surface area contributed by atoms with Gasteiger partial charge in [0, 0.05) is 16.6 Å². The number of benzene rings is 1. The molecule has 0 unspecified atom stereocenters. The van der Waals surface area contributed by atoms with Crippen molar-refractivity contribution in [2.75, 3.05) is 0 Å². The Bertz CT molecular complexity index is 1240. The van der Waals surface area contributed by atoms with Crippen LogP contribution in [0.25, 0.3) is 0 Å². The summed E-state index contributed by atoms with van der Waals surface area (Å²) in [7, 11) is -4.39. The van der Waals surface area contributed by atoms with Gasteiger partial charge in [-0.3, -0.25) is 4.79 Å². The lowest BCUT2D eigenvalue weighted by Gasteiger charge is -2.25. The highest BCUT2D eigenvalue weighted by molar-refractivity contribution is 9.10. The van der Waals surface area contributed by atoms with E-state index in [-0.39, 0.29) is 11.4 Å². The lowest BCUT2D eigenvalue weighted by molar-refractivity contribution is 0.0996. The molecule has 1 aromatic carbocycles. The first-order valence-electron chi connectivity index (χ1n) is 8.99. The highest BCUT2D eigenvalue weighted by atomic mass is 79.9. The molecule has 4 N–H and O–H groups in total. The summed E-state index contributed by atoms with van der Waals surface area (Å²) >= 11 is 3.13. The Morgan fingerprint density at radius 1 is 1.32 bits per heavy atom. The average molecular weight is 512 g/mol. The normalized spacial score (nSPS) is 13.7. The summed E-state index contributed by atoms with van der Waals surface area (Å²) in [6.07, 6.45) is 1.22. The molecule has 0 aliphatic carbocycles. The first kappa shape index (κ1) is 22.9. The molecule has 0 aliphatic rings. The maximum atomic E-state index is 14.7. The zero-order chi connectivity index (χ0) is 22.9. The number of halogens is 2. The first-order valence-corrected chi connectivity index (χ1v) is 11.3. The van der Waals surface area contributed by atoms with Crippen molar-refractivity contribution in [2.24, 2.45) is 5.73 Å². The van der Waals surface area contributed by atoms with Gasteiger partial charge >= 0.3 is 0 Å². The summed E-state index contributed by atoms with van der Waals surface area (Å²) < 4.78 is 43.9. The Morgan fingerprint density at radius 2 is 2.03 bits per heavy atom. The fourth-order valence-corrected chi connectivity index (χ4v) is 4.98. The van der Waals surface area contributed by atoms with Gasteiger partial charge in [-0.2, -0.15) is 9.94 Å². The van der Waals surface area contributed by atoms with Crippen molar-refractivity contribution < 1.29 is 17.6 Å². The number of primary amides is 1. The van der Waals surface area contributed by atoms with E-state index in [0.717, 1.165) is 5.56 Å². The molecule has 3 aromatic rings. The first-order chi connectivity index (χ1) is 14.5. The van der Waals surface area contributed by atoms with E-state index in [9.17, 15) is 17.6 Å². The van der Waals surface area contributed by atoms with Crippen LogP contribution in [0, 0.1) is 19.7 Å². The molecule has 0 radical (unpaired) electrons. The molecule has 0 spiro atoms. The van der Waals surface area contributed by atoms with Crippen LogP contribution in [-0.4, -0.2) is 39.9 Å². The molecule has 2 aromatic heterocycles. The molecule has 13 heteroatoms. The fraction of sp³-hybridized carbons (Fsp3) is 0.278. The number of aryl methyl sites for hydroxylation is 1. The third-order valence-corrected chi connectivity index (χ3v) is 6.78. The van der Waals surface area contributed by atoms with Gasteiger partial charge in [-0.25, -0.2) is 17.8 Å².